The summed E-state index contributed by atoms with van der Waals surface area (Å²) in [7, 11) is 0. The Hall–Kier alpha value is -3.25. The Balaban J connectivity index is 1.47. The number of amides is 2. The van der Waals surface area contributed by atoms with E-state index in [1.165, 1.54) is 4.90 Å². The molecule has 35 heavy (non-hydrogen) atoms. The van der Waals surface area contributed by atoms with Gasteiger partial charge in [0.15, 0.2) is 0 Å². The van der Waals surface area contributed by atoms with Crippen molar-refractivity contribution in [3.63, 3.8) is 0 Å². The first-order chi connectivity index (χ1) is 17.0. The quantitative estimate of drug-likeness (QED) is 0.242. The summed E-state index contributed by atoms with van der Waals surface area (Å²) in [4.78, 5) is 27.5. The van der Waals surface area contributed by atoms with Gasteiger partial charge in [0, 0.05) is 5.56 Å². The molecule has 0 N–H and O–H groups in total. The first-order valence-electron chi connectivity index (χ1n) is 10.9. The second-order valence-electron chi connectivity index (χ2n) is 7.99. The Morgan fingerprint density at radius 1 is 0.829 bits per heavy atom. The Bertz CT molecular complexity index is 1470. The highest BCUT2D eigenvalue weighted by Gasteiger charge is 2.35. The minimum atomic E-state index is -0.354. The fraction of sp³-hybridized carbons (Fsp3) is 0.0714. The molecule has 7 heteroatoms. The van der Waals surface area contributed by atoms with Crippen molar-refractivity contribution < 1.29 is 14.3 Å². The van der Waals surface area contributed by atoms with Crippen LogP contribution in [0.25, 0.3) is 16.8 Å². The molecule has 0 bridgehead atoms. The molecule has 1 fully saturated rings. The van der Waals surface area contributed by atoms with Gasteiger partial charge in [-0.05, 0) is 57.9 Å². The zero-order valence-electron chi connectivity index (χ0n) is 18.4. The molecule has 0 aromatic heterocycles. The average molecular weight is 520 g/mol. The summed E-state index contributed by atoms with van der Waals surface area (Å²) in [6, 6.07) is 26.7. The maximum Gasteiger partial charge on any atom is 0.293 e. The van der Waals surface area contributed by atoms with Crippen molar-refractivity contribution in [3.8, 4) is 5.75 Å². The number of nitrogens with zero attached hydrogens (tertiary/aromatic N) is 1. The number of carbonyl (C=O) groups is 2. The molecule has 0 radical (unpaired) electrons. The number of thioether (sulfide) groups is 1. The Kier molecular flexibility index (Phi) is 6.82. The Morgan fingerprint density at radius 3 is 2.40 bits per heavy atom. The van der Waals surface area contributed by atoms with Gasteiger partial charge < -0.3 is 4.74 Å². The van der Waals surface area contributed by atoms with E-state index in [1.54, 1.807) is 24.3 Å². The van der Waals surface area contributed by atoms with Crippen LogP contribution in [0.5, 0.6) is 5.75 Å². The minimum absolute atomic E-state index is 0.117. The summed E-state index contributed by atoms with van der Waals surface area (Å²) >= 11 is 13.0. The van der Waals surface area contributed by atoms with E-state index in [4.69, 9.17) is 27.9 Å². The van der Waals surface area contributed by atoms with Gasteiger partial charge >= 0.3 is 0 Å². The molecule has 2 amide bonds. The predicted octanol–water partition coefficient (Wildman–Crippen LogP) is 7.96. The van der Waals surface area contributed by atoms with Crippen molar-refractivity contribution in [3.05, 3.63) is 117 Å². The second kappa shape index (κ2) is 10.2. The van der Waals surface area contributed by atoms with E-state index in [0.717, 1.165) is 39.2 Å². The summed E-state index contributed by atoms with van der Waals surface area (Å²) in [6.45, 7) is 0.505. The maximum atomic E-state index is 13.2. The number of imide groups is 1. The number of rotatable bonds is 6. The third-order valence-electron chi connectivity index (χ3n) is 5.64. The van der Waals surface area contributed by atoms with Gasteiger partial charge in [-0.2, -0.15) is 0 Å². The van der Waals surface area contributed by atoms with E-state index in [-0.39, 0.29) is 17.7 Å². The van der Waals surface area contributed by atoms with Gasteiger partial charge in [-0.15, -0.1) is 0 Å². The van der Waals surface area contributed by atoms with Crippen molar-refractivity contribution >= 4 is 63.0 Å². The van der Waals surface area contributed by atoms with Crippen molar-refractivity contribution in [2.75, 3.05) is 0 Å². The molecule has 1 saturated heterocycles. The van der Waals surface area contributed by atoms with Crippen molar-refractivity contribution in [1.82, 2.24) is 4.90 Å². The van der Waals surface area contributed by atoms with Crippen LogP contribution in [0.3, 0.4) is 0 Å². The molecule has 0 saturated carbocycles. The maximum absolute atomic E-state index is 13.2. The minimum Gasteiger partial charge on any atom is -0.488 e. The summed E-state index contributed by atoms with van der Waals surface area (Å²) in [6.07, 6.45) is 1.75. The third-order valence-corrected chi connectivity index (χ3v) is 7.29. The van der Waals surface area contributed by atoms with Crippen LogP contribution in [-0.2, 0) is 17.9 Å². The largest absolute Gasteiger partial charge is 0.488 e. The van der Waals surface area contributed by atoms with Gasteiger partial charge in [-0.1, -0.05) is 89.9 Å². The molecule has 174 valence electrons. The molecule has 1 aliphatic heterocycles. The number of hydrogen-bond donors (Lipinski definition) is 0. The standard InChI is InChI=1S/C28H19Cl2NO3S/c29-23-12-10-19(14-24(23)30)16-31-27(32)26(35-28(31)33)15-22-21-9-5-4-8-20(21)11-13-25(22)34-17-18-6-2-1-3-7-18/h1-15H,16-17H2/b26-15-. The third kappa shape index (κ3) is 5.08. The van der Waals surface area contributed by atoms with Crippen LogP contribution in [0, 0.1) is 0 Å². The number of benzene rings is 4. The lowest BCUT2D eigenvalue weighted by Gasteiger charge is -2.14. The normalized spacial score (nSPS) is 14.8. The number of hydrogen-bond acceptors (Lipinski definition) is 4. The van der Waals surface area contributed by atoms with Gasteiger partial charge in [-0.25, -0.2) is 0 Å². The zero-order chi connectivity index (χ0) is 24.4. The SMILES string of the molecule is O=C1S/C(=C\c2c(OCc3ccccc3)ccc3ccccc23)C(=O)N1Cc1ccc(Cl)c(Cl)c1. The second-order valence-corrected chi connectivity index (χ2v) is 9.80. The molecular weight excluding hydrogens is 501 g/mol. The van der Waals surface area contributed by atoms with E-state index >= 15 is 0 Å². The molecule has 4 aromatic rings. The van der Waals surface area contributed by atoms with Gasteiger partial charge in [0.2, 0.25) is 0 Å². The molecule has 0 spiro atoms. The highest BCUT2D eigenvalue weighted by molar-refractivity contribution is 8.18. The van der Waals surface area contributed by atoms with Crippen molar-refractivity contribution in [2.45, 2.75) is 13.2 Å². The van der Waals surface area contributed by atoms with E-state index < -0.39 is 0 Å². The molecular formula is C28H19Cl2NO3S. The molecule has 0 atom stereocenters. The van der Waals surface area contributed by atoms with Crippen LogP contribution in [-0.4, -0.2) is 16.0 Å². The lowest BCUT2D eigenvalue weighted by atomic mass is 10.0. The smallest absolute Gasteiger partial charge is 0.293 e. The predicted molar refractivity (Wildman–Crippen MR) is 143 cm³/mol. The fourth-order valence-corrected chi connectivity index (χ4v) is 5.01. The topological polar surface area (TPSA) is 46.6 Å². The highest BCUT2D eigenvalue weighted by atomic mass is 35.5. The van der Waals surface area contributed by atoms with Crippen LogP contribution >= 0.6 is 35.0 Å². The van der Waals surface area contributed by atoms with E-state index in [9.17, 15) is 9.59 Å². The number of fused-ring (bicyclic) bond motifs is 1. The van der Waals surface area contributed by atoms with Gasteiger partial charge in [0.1, 0.15) is 12.4 Å². The van der Waals surface area contributed by atoms with Crippen molar-refractivity contribution in [1.29, 1.82) is 0 Å². The number of ether oxygens (including phenoxy) is 1. The van der Waals surface area contributed by atoms with Crippen LogP contribution in [0.15, 0.2) is 89.8 Å². The van der Waals surface area contributed by atoms with E-state index in [0.29, 0.717) is 27.3 Å². The number of halogens is 2. The summed E-state index contributed by atoms with van der Waals surface area (Å²) in [5.41, 5.74) is 2.52. The Labute approximate surface area is 217 Å². The molecule has 0 aliphatic carbocycles. The van der Waals surface area contributed by atoms with Crippen LogP contribution in [0.4, 0.5) is 4.79 Å². The summed E-state index contributed by atoms with van der Waals surface area (Å²) < 4.78 is 6.16. The average Bonchev–Trinajstić information content (AvgIpc) is 3.13. The first-order valence-corrected chi connectivity index (χ1v) is 12.4. The molecule has 4 nitrogen and oxygen atoms in total. The van der Waals surface area contributed by atoms with E-state index in [1.807, 2.05) is 66.7 Å². The molecule has 1 heterocycles. The lowest BCUT2D eigenvalue weighted by molar-refractivity contribution is -0.123. The van der Waals surface area contributed by atoms with Gasteiger partial charge in [0.05, 0.1) is 21.5 Å². The summed E-state index contributed by atoms with van der Waals surface area (Å²) in [5, 5.41) is 2.42. The Morgan fingerprint density at radius 2 is 1.60 bits per heavy atom. The molecule has 5 rings (SSSR count). The molecule has 0 unspecified atom stereocenters. The van der Waals surface area contributed by atoms with Crippen molar-refractivity contribution in [2.24, 2.45) is 0 Å². The van der Waals surface area contributed by atoms with Gasteiger partial charge in [0.25, 0.3) is 11.1 Å². The fourth-order valence-electron chi connectivity index (χ4n) is 3.87. The number of carbonyl (C=O) groups excluding carboxylic acids is 2. The molecule has 4 aromatic carbocycles. The van der Waals surface area contributed by atoms with Crippen LogP contribution in [0.2, 0.25) is 10.0 Å². The first kappa shape index (κ1) is 23.5. The summed E-state index contributed by atoms with van der Waals surface area (Å²) in [5.74, 6) is 0.289. The van der Waals surface area contributed by atoms with E-state index in [2.05, 4.69) is 0 Å². The van der Waals surface area contributed by atoms with Crippen LogP contribution in [0.1, 0.15) is 16.7 Å². The lowest BCUT2D eigenvalue weighted by Crippen LogP contribution is -2.27. The highest BCUT2D eigenvalue weighted by Crippen LogP contribution is 2.38. The zero-order valence-corrected chi connectivity index (χ0v) is 20.7. The van der Waals surface area contributed by atoms with Gasteiger partial charge in [-0.3, -0.25) is 14.5 Å². The molecule has 1 aliphatic rings. The van der Waals surface area contributed by atoms with Crippen LogP contribution < -0.4 is 4.74 Å². The monoisotopic (exact) mass is 519 g/mol.